The fourth-order valence-electron chi connectivity index (χ4n) is 5.79. The fraction of sp³-hybridized carbons (Fsp3) is 0.881. The van der Waals surface area contributed by atoms with Crippen LogP contribution in [0.1, 0.15) is 201 Å². The topological polar surface area (TPSA) is 152 Å². The third-order valence-electron chi connectivity index (χ3n) is 9.04. The minimum absolute atomic E-state index is 0.0286. The Labute approximate surface area is 321 Å². The quantitative estimate of drug-likeness (QED) is 0.0362. The van der Waals surface area contributed by atoms with Crippen molar-refractivity contribution in [2.75, 3.05) is 26.4 Å². The normalized spacial score (nSPS) is 12.2. The summed E-state index contributed by atoms with van der Waals surface area (Å²) in [6.07, 6.45) is 22.3. The van der Waals surface area contributed by atoms with E-state index in [1.54, 1.807) is 0 Å². The molecule has 0 saturated carbocycles. The molecule has 310 valence electrons. The van der Waals surface area contributed by atoms with Crippen molar-refractivity contribution in [1.82, 2.24) is 0 Å². The van der Waals surface area contributed by atoms with Gasteiger partial charge in [-0.2, -0.15) is 0 Å². The summed E-state index contributed by atoms with van der Waals surface area (Å²) in [6, 6.07) is 0. The Hall–Kier alpha value is -2.69. The van der Waals surface area contributed by atoms with Crippen molar-refractivity contribution in [2.24, 2.45) is 0 Å². The van der Waals surface area contributed by atoms with Gasteiger partial charge in [-0.25, -0.2) is 0 Å². The largest absolute Gasteiger partial charge is 0.481 e. The van der Waals surface area contributed by atoms with Gasteiger partial charge >= 0.3 is 29.8 Å². The second kappa shape index (κ2) is 37.6. The predicted molar refractivity (Wildman–Crippen MR) is 206 cm³/mol. The van der Waals surface area contributed by atoms with Gasteiger partial charge < -0.3 is 28.8 Å². The molecule has 0 aliphatic heterocycles. The molecule has 2 atom stereocenters. The van der Waals surface area contributed by atoms with E-state index in [1.165, 1.54) is 64.2 Å². The second-order valence-electron chi connectivity index (χ2n) is 14.3. The van der Waals surface area contributed by atoms with Gasteiger partial charge in [0, 0.05) is 32.1 Å². The summed E-state index contributed by atoms with van der Waals surface area (Å²) in [5.41, 5.74) is 0. The number of unbranched alkanes of at least 4 members (excludes halogenated alkanes) is 19. The fourth-order valence-corrected chi connectivity index (χ4v) is 5.79. The summed E-state index contributed by atoms with van der Waals surface area (Å²) in [4.78, 5) is 61.0. The van der Waals surface area contributed by atoms with Gasteiger partial charge in [-0.05, 0) is 32.1 Å². The van der Waals surface area contributed by atoms with Crippen LogP contribution >= 0.6 is 0 Å². The Morgan fingerprint density at radius 3 is 1.00 bits per heavy atom. The van der Waals surface area contributed by atoms with Crippen LogP contribution in [-0.4, -0.2) is 73.6 Å². The standard InChI is InChI=1S/C42H76O11/c1-4-7-10-13-16-19-22-28-39(45)50-34-36(52-41(47)30-23-20-17-14-11-8-5-2)32-49-33-37(35-51-40(46)29-26-25-27-38(43)44)53-42(48)31-24-21-18-15-12-9-6-3/h36-37H,4-35H2,1-3H3,(H,43,44). The molecule has 0 saturated heterocycles. The predicted octanol–water partition coefficient (Wildman–Crippen LogP) is 9.98. The van der Waals surface area contributed by atoms with Crippen molar-refractivity contribution < 1.29 is 52.8 Å². The Bertz CT molecular complexity index is 923. The summed E-state index contributed by atoms with van der Waals surface area (Å²) in [5.74, 6) is -2.59. The van der Waals surface area contributed by atoms with E-state index < -0.39 is 30.1 Å². The van der Waals surface area contributed by atoms with Crippen LogP contribution in [0.3, 0.4) is 0 Å². The molecule has 0 bridgehead atoms. The van der Waals surface area contributed by atoms with Gasteiger partial charge in [-0.3, -0.25) is 24.0 Å². The molecular formula is C42H76O11. The molecule has 0 spiro atoms. The third kappa shape index (κ3) is 36.1. The highest BCUT2D eigenvalue weighted by Crippen LogP contribution is 2.13. The summed E-state index contributed by atoms with van der Waals surface area (Å²) in [6.45, 7) is 5.95. The van der Waals surface area contributed by atoms with E-state index >= 15 is 0 Å². The third-order valence-corrected chi connectivity index (χ3v) is 9.04. The molecule has 0 amide bonds. The number of carboxylic acid groups (broad SMARTS) is 1. The highest BCUT2D eigenvalue weighted by atomic mass is 16.6. The van der Waals surface area contributed by atoms with Gasteiger partial charge in [0.05, 0.1) is 13.2 Å². The van der Waals surface area contributed by atoms with Gasteiger partial charge in [0.1, 0.15) is 13.2 Å². The molecule has 0 aromatic carbocycles. The molecule has 1 N–H and O–H groups in total. The maximum atomic E-state index is 12.7. The van der Waals surface area contributed by atoms with E-state index in [2.05, 4.69) is 20.8 Å². The van der Waals surface area contributed by atoms with Crippen LogP contribution in [0.4, 0.5) is 0 Å². The molecule has 0 fully saturated rings. The van der Waals surface area contributed by atoms with Crippen LogP contribution in [0.15, 0.2) is 0 Å². The van der Waals surface area contributed by atoms with Gasteiger partial charge in [0.25, 0.3) is 0 Å². The lowest BCUT2D eigenvalue weighted by Gasteiger charge is -2.21. The summed E-state index contributed by atoms with van der Waals surface area (Å²) >= 11 is 0. The molecule has 0 aromatic heterocycles. The van der Waals surface area contributed by atoms with Crippen molar-refractivity contribution in [2.45, 2.75) is 213 Å². The molecule has 0 aliphatic rings. The number of hydrogen-bond acceptors (Lipinski definition) is 10. The second-order valence-corrected chi connectivity index (χ2v) is 14.3. The van der Waals surface area contributed by atoms with Crippen LogP contribution in [-0.2, 0) is 47.7 Å². The summed E-state index contributed by atoms with van der Waals surface area (Å²) in [5, 5.41) is 8.82. The SMILES string of the molecule is CCCCCCCCCC(=O)OCC(COCC(COC(=O)CCCCC(=O)O)OC(=O)CCCCCCCCC)OC(=O)CCCCCCCCC. The highest BCUT2D eigenvalue weighted by Gasteiger charge is 2.22. The minimum Gasteiger partial charge on any atom is -0.481 e. The summed E-state index contributed by atoms with van der Waals surface area (Å²) in [7, 11) is 0. The molecule has 11 heteroatoms. The number of hydrogen-bond donors (Lipinski definition) is 1. The van der Waals surface area contributed by atoms with Gasteiger partial charge in [-0.1, -0.05) is 136 Å². The first kappa shape index (κ1) is 50.3. The van der Waals surface area contributed by atoms with Crippen LogP contribution in [0.25, 0.3) is 0 Å². The van der Waals surface area contributed by atoms with Crippen LogP contribution in [0.2, 0.25) is 0 Å². The van der Waals surface area contributed by atoms with Crippen LogP contribution in [0.5, 0.6) is 0 Å². The lowest BCUT2D eigenvalue weighted by molar-refractivity contribution is -0.168. The number of carbonyl (C=O) groups excluding carboxylic acids is 4. The average Bonchev–Trinajstić information content (AvgIpc) is 3.13. The van der Waals surface area contributed by atoms with E-state index in [1.807, 2.05) is 0 Å². The zero-order valence-electron chi connectivity index (χ0n) is 33.8. The maximum Gasteiger partial charge on any atom is 0.306 e. The first-order chi connectivity index (χ1) is 25.7. The minimum atomic E-state index is -0.923. The van der Waals surface area contributed by atoms with E-state index in [9.17, 15) is 24.0 Å². The molecule has 0 aliphatic carbocycles. The van der Waals surface area contributed by atoms with Gasteiger partial charge in [0.2, 0.25) is 0 Å². The summed E-state index contributed by atoms with van der Waals surface area (Å²) < 4.78 is 28.0. The first-order valence-electron chi connectivity index (χ1n) is 21.2. The Morgan fingerprint density at radius 1 is 0.377 bits per heavy atom. The van der Waals surface area contributed by atoms with Crippen LogP contribution < -0.4 is 0 Å². The lowest BCUT2D eigenvalue weighted by atomic mass is 10.1. The zero-order valence-corrected chi connectivity index (χ0v) is 33.8. The molecular weight excluding hydrogens is 680 g/mol. The highest BCUT2D eigenvalue weighted by molar-refractivity contribution is 5.71. The van der Waals surface area contributed by atoms with E-state index in [-0.39, 0.29) is 64.0 Å². The van der Waals surface area contributed by atoms with E-state index in [4.69, 9.17) is 28.8 Å². The number of carbonyl (C=O) groups is 5. The van der Waals surface area contributed by atoms with Gasteiger partial charge in [0.15, 0.2) is 12.2 Å². The number of rotatable bonds is 39. The zero-order chi connectivity index (χ0) is 39.2. The number of ether oxygens (including phenoxy) is 5. The molecule has 53 heavy (non-hydrogen) atoms. The molecule has 11 nitrogen and oxygen atoms in total. The lowest BCUT2D eigenvalue weighted by Crippen LogP contribution is -2.34. The van der Waals surface area contributed by atoms with E-state index in [0.29, 0.717) is 25.7 Å². The van der Waals surface area contributed by atoms with Gasteiger partial charge in [-0.15, -0.1) is 0 Å². The van der Waals surface area contributed by atoms with Crippen molar-refractivity contribution >= 4 is 29.8 Å². The van der Waals surface area contributed by atoms with Crippen molar-refractivity contribution in [3.63, 3.8) is 0 Å². The van der Waals surface area contributed by atoms with Crippen molar-refractivity contribution in [1.29, 1.82) is 0 Å². The van der Waals surface area contributed by atoms with Crippen molar-refractivity contribution in [3.8, 4) is 0 Å². The molecule has 0 radical (unpaired) electrons. The van der Waals surface area contributed by atoms with Crippen LogP contribution in [0, 0.1) is 0 Å². The molecule has 0 rings (SSSR count). The Morgan fingerprint density at radius 2 is 0.660 bits per heavy atom. The Kier molecular flexibility index (Phi) is 35.7. The number of esters is 4. The van der Waals surface area contributed by atoms with Crippen molar-refractivity contribution in [3.05, 3.63) is 0 Å². The van der Waals surface area contributed by atoms with E-state index in [0.717, 1.165) is 64.2 Å². The first-order valence-corrected chi connectivity index (χ1v) is 21.2. The Balaban J connectivity index is 5.13. The monoisotopic (exact) mass is 757 g/mol. The smallest absolute Gasteiger partial charge is 0.306 e. The maximum absolute atomic E-state index is 12.7. The number of carboxylic acids is 1. The average molecular weight is 757 g/mol. The molecule has 0 heterocycles. The molecule has 2 unspecified atom stereocenters. The number of aliphatic carboxylic acids is 1. The molecule has 0 aromatic rings.